The van der Waals surface area contributed by atoms with Crippen LogP contribution in [0.2, 0.25) is 0 Å². The summed E-state index contributed by atoms with van der Waals surface area (Å²) in [6.45, 7) is 2.27. The number of halogens is 5. The molecular weight excluding hydrogens is 575 g/mol. The van der Waals surface area contributed by atoms with Crippen LogP contribution in [0.4, 0.5) is 22.0 Å². The Morgan fingerprint density at radius 1 is 0.711 bits per heavy atom. The van der Waals surface area contributed by atoms with Crippen LogP contribution < -0.4 is 0 Å². The highest BCUT2D eigenvalue weighted by Crippen LogP contribution is 2.45. The van der Waals surface area contributed by atoms with E-state index in [-0.39, 0.29) is 11.9 Å². The van der Waals surface area contributed by atoms with Crippen LogP contribution in [0, 0.1) is 41.3 Å². The van der Waals surface area contributed by atoms with Crippen LogP contribution in [0.25, 0.3) is 0 Å². The fourth-order valence-electron chi connectivity index (χ4n) is 9.48. The van der Waals surface area contributed by atoms with E-state index in [4.69, 9.17) is 0 Å². The first-order valence-electron chi connectivity index (χ1n) is 18.6. The van der Waals surface area contributed by atoms with Crippen molar-refractivity contribution in [1.82, 2.24) is 0 Å². The van der Waals surface area contributed by atoms with Crippen molar-refractivity contribution >= 4 is 0 Å². The van der Waals surface area contributed by atoms with Crippen molar-refractivity contribution < 1.29 is 22.0 Å². The summed E-state index contributed by atoms with van der Waals surface area (Å²) in [5.74, 6) is 2.59. The zero-order valence-corrected chi connectivity index (χ0v) is 27.6. The van der Waals surface area contributed by atoms with Crippen molar-refractivity contribution in [3.63, 3.8) is 0 Å². The van der Waals surface area contributed by atoms with Crippen LogP contribution >= 0.6 is 0 Å². The Kier molecular flexibility index (Phi) is 12.7. The molecular formula is C40H57F5. The molecule has 4 saturated carbocycles. The first kappa shape index (κ1) is 34.7. The molecule has 4 aliphatic carbocycles. The number of rotatable bonds is 10. The second-order valence-corrected chi connectivity index (χ2v) is 15.3. The fraction of sp³-hybridized carbons (Fsp3) is 0.750. The highest BCUT2D eigenvalue weighted by atomic mass is 19.4. The zero-order valence-electron chi connectivity index (χ0n) is 27.6. The molecule has 0 spiro atoms. The molecule has 1 aromatic carbocycles. The molecule has 5 heteroatoms. The Morgan fingerprint density at radius 3 is 1.82 bits per heavy atom. The van der Waals surface area contributed by atoms with Crippen LogP contribution in [-0.2, 0) is 0 Å². The summed E-state index contributed by atoms with van der Waals surface area (Å²) >= 11 is 0. The molecule has 0 unspecified atom stereocenters. The topological polar surface area (TPSA) is 0 Å². The van der Waals surface area contributed by atoms with Crippen LogP contribution in [-0.4, -0.2) is 6.18 Å². The summed E-state index contributed by atoms with van der Waals surface area (Å²) in [6, 6.07) is 6.21. The second kappa shape index (κ2) is 16.4. The second-order valence-electron chi connectivity index (χ2n) is 15.3. The fourth-order valence-corrected chi connectivity index (χ4v) is 9.48. The highest BCUT2D eigenvalue weighted by molar-refractivity contribution is 5.30. The molecule has 0 nitrogen and oxygen atoms in total. The molecule has 0 bridgehead atoms. The molecule has 0 aromatic heterocycles. The quantitative estimate of drug-likeness (QED) is 0.137. The molecule has 45 heavy (non-hydrogen) atoms. The standard InChI is InChI=1S/C40H57F5/c1-2-3-4-5-28-8-16-33(17-9-28)36-24-25-37(38(41)26-36)34-18-12-30(13-19-34)7-6-29-10-14-31(15-11-29)32-20-22-35(23-21-32)39(42)27-40(43,44)45/h6-7,24-35H,2-5,8-23H2,1H3/b7-6+,39-27-. The SMILES string of the molecule is CCCCCC1CCC(c2ccc(C3CCC(/C=C/C4CCC(C5CCC(/C(F)=C/C(F)(F)F)CC5)CC4)CC3)c(F)c2)CC1. The summed E-state index contributed by atoms with van der Waals surface area (Å²) in [4.78, 5) is 0. The third-order valence-corrected chi connectivity index (χ3v) is 12.4. The first-order valence-corrected chi connectivity index (χ1v) is 18.6. The summed E-state index contributed by atoms with van der Waals surface area (Å²) in [7, 11) is 0. The molecule has 0 saturated heterocycles. The third-order valence-electron chi connectivity index (χ3n) is 12.4. The minimum Gasteiger partial charge on any atom is -0.212 e. The van der Waals surface area contributed by atoms with Gasteiger partial charge in [-0.2, -0.15) is 13.2 Å². The van der Waals surface area contributed by atoms with E-state index >= 15 is 4.39 Å². The maximum atomic E-state index is 15.4. The van der Waals surface area contributed by atoms with Crippen LogP contribution in [0.1, 0.15) is 158 Å². The minimum absolute atomic E-state index is 0.0183. The van der Waals surface area contributed by atoms with Crippen molar-refractivity contribution in [2.24, 2.45) is 35.5 Å². The highest BCUT2D eigenvalue weighted by Gasteiger charge is 2.34. The Morgan fingerprint density at radius 2 is 1.27 bits per heavy atom. The molecule has 0 radical (unpaired) electrons. The van der Waals surface area contributed by atoms with Gasteiger partial charge in [-0.05, 0) is 161 Å². The van der Waals surface area contributed by atoms with E-state index in [2.05, 4.69) is 31.2 Å². The Labute approximate surface area is 269 Å². The molecule has 0 amide bonds. The van der Waals surface area contributed by atoms with Crippen LogP contribution in [0.5, 0.6) is 0 Å². The zero-order chi connectivity index (χ0) is 31.8. The van der Waals surface area contributed by atoms with Gasteiger partial charge in [-0.3, -0.25) is 0 Å². The Hall–Kier alpha value is -1.65. The predicted molar refractivity (Wildman–Crippen MR) is 175 cm³/mol. The van der Waals surface area contributed by atoms with Gasteiger partial charge in [0, 0.05) is 5.92 Å². The number of hydrogen-bond donors (Lipinski definition) is 0. The molecule has 0 aliphatic heterocycles. The minimum atomic E-state index is -4.57. The molecule has 1 aromatic rings. The van der Waals surface area contributed by atoms with Gasteiger partial charge >= 0.3 is 6.18 Å². The molecule has 4 fully saturated rings. The van der Waals surface area contributed by atoms with Gasteiger partial charge in [0.25, 0.3) is 0 Å². The van der Waals surface area contributed by atoms with Crippen molar-refractivity contribution in [3.8, 4) is 0 Å². The van der Waals surface area contributed by atoms with E-state index in [1.54, 1.807) is 0 Å². The number of alkyl halides is 3. The molecule has 0 N–H and O–H groups in total. The van der Waals surface area contributed by atoms with Crippen LogP contribution in [0.3, 0.4) is 0 Å². The number of unbranched alkanes of at least 4 members (excludes halogenated alkanes) is 2. The van der Waals surface area contributed by atoms with E-state index in [1.165, 1.54) is 82.6 Å². The smallest absolute Gasteiger partial charge is 0.212 e. The molecule has 4 aliphatic rings. The van der Waals surface area contributed by atoms with Gasteiger partial charge in [0.2, 0.25) is 0 Å². The van der Waals surface area contributed by atoms with Crippen molar-refractivity contribution in [1.29, 1.82) is 0 Å². The van der Waals surface area contributed by atoms with E-state index < -0.39 is 17.9 Å². The van der Waals surface area contributed by atoms with Gasteiger partial charge in [0.05, 0.1) is 6.08 Å². The van der Waals surface area contributed by atoms with E-state index in [1.807, 2.05) is 6.07 Å². The van der Waals surface area contributed by atoms with Crippen molar-refractivity contribution in [2.75, 3.05) is 0 Å². The lowest BCUT2D eigenvalue weighted by molar-refractivity contribution is -0.0821. The molecule has 0 heterocycles. The number of hydrogen-bond acceptors (Lipinski definition) is 0. The van der Waals surface area contributed by atoms with Crippen LogP contribution in [0.15, 0.2) is 42.3 Å². The van der Waals surface area contributed by atoms with Gasteiger partial charge in [-0.15, -0.1) is 0 Å². The van der Waals surface area contributed by atoms with Gasteiger partial charge in [-0.1, -0.05) is 56.9 Å². The van der Waals surface area contributed by atoms with E-state index in [0.717, 1.165) is 50.0 Å². The largest absolute Gasteiger partial charge is 0.412 e. The lowest BCUT2D eigenvalue weighted by Crippen LogP contribution is -2.26. The number of allylic oxidation sites excluding steroid dienone is 4. The van der Waals surface area contributed by atoms with Gasteiger partial charge in [0.1, 0.15) is 11.6 Å². The third kappa shape index (κ3) is 10.2. The Balaban J connectivity index is 1.00. The molecule has 252 valence electrons. The Bertz CT molecular complexity index is 1090. The lowest BCUT2D eigenvalue weighted by Gasteiger charge is -2.37. The first-order chi connectivity index (χ1) is 21.7. The average molecular weight is 633 g/mol. The molecule has 5 rings (SSSR count). The number of benzene rings is 1. The van der Waals surface area contributed by atoms with Crippen molar-refractivity contribution in [2.45, 2.75) is 153 Å². The maximum absolute atomic E-state index is 15.4. The normalized spacial score (nSPS) is 33.9. The summed E-state index contributed by atoms with van der Waals surface area (Å²) in [6.07, 6.45) is 22.4. The predicted octanol–water partition coefficient (Wildman–Crippen LogP) is 13.5. The summed E-state index contributed by atoms with van der Waals surface area (Å²) in [5.41, 5.74) is 2.15. The lowest BCUT2D eigenvalue weighted by atomic mass is 9.69. The average Bonchev–Trinajstić information content (AvgIpc) is 3.04. The molecule has 0 atom stereocenters. The summed E-state index contributed by atoms with van der Waals surface area (Å²) < 4.78 is 66.9. The van der Waals surface area contributed by atoms with E-state index in [9.17, 15) is 17.6 Å². The van der Waals surface area contributed by atoms with E-state index in [0.29, 0.717) is 48.3 Å². The maximum Gasteiger partial charge on any atom is 0.412 e. The summed E-state index contributed by atoms with van der Waals surface area (Å²) in [5, 5.41) is 0. The van der Waals surface area contributed by atoms with Crippen molar-refractivity contribution in [3.05, 3.63) is 59.2 Å². The van der Waals surface area contributed by atoms with Gasteiger partial charge in [-0.25, -0.2) is 8.78 Å². The monoisotopic (exact) mass is 632 g/mol. The van der Waals surface area contributed by atoms with Gasteiger partial charge < -0.3 is 0 Å². The van der Waals surface area contributed by atoms with Gasteiger partial charge in [0.15, 0.2) is 0 Å².